The number of aryl methyl sites for hydroxylation is 1. The first-order valence-electron chi connectivity index (χ1n) is 10.0. The predicted octanol–water partition coefficient (Wildman–Crippen LogP) is 3.31. The summed E-state index contributed by atoms with van der Waals surface area (Å²) < 4.78 is 38.2. The Hall–Kier alpha value is -2.58. The van der Waals surface area contributed by atoms with Crippen molar-refractivity contribution in [2.45, 2.75) is 31.1 Å². The molecule has 3 rings (SSSR count). The first-order chi connectivity index (χ1) is 14.4. The number of rotatable bonds is 7. The molecule has 1 unspecified atom stereocenters. The third-order valence-corrected chi connectivity index (χ3v) is 7.26. The number of para-hydroxylation sites is 1. The molecule has 8 heteroatoms. The van der Waals surface area contributed by atoms with E-state index < -0.39 is 15.9 Å². The second kappa shape index (κ2) is 9.49. The molecule has 2 aromatic rings. The van der Waals surface area contributed by atoms with Gasteiger partial charge in [-0.3, -0.25) is 4.79 Å². The third kappa shape index (κ3) is 4.60. The van der Waals surface area contributed by atoms with Crippen molar-refractivity contribution >= 4 is 21.6 Å². The molecule has 2 aromatic carbocycles. The molecule has 0 aliphatic carbocycles. The van der Waals surface area contributed by atoms with E-state index in [1.165, 1.54) is 30.7 Å². The number of sulfonamides is 1. The standard InChI is InChI=1S/C22H28N2O5S/c1-4-16-8-5-6-10-19(16)23-22(25)17-9-7-13-24(15-17)30(26,27)18-11-12-20(28-2)21(14-18)29-3/h5-6,8,10-12,14,17H,4,7,9,13,15H2,1-3H3,(H,23,25). The number of anilines is 1. The highest BCUT2D eigenvalue weighted by atomic mass is 32.2. The van der Waals surface area contributed by atoms with Gasteiger partial charge in [-0.25, -0.2) is 8.42 Å². The van der Waals surface area contributed by atoms with Crippen molar-refractivity contribution in [1.29, 1.82) is 0 Å². The molecule has 0 saturated carbocycles. The van der Waals surface area contributed by atoms with Crippen LogP contribution < -0.4 is 14.8 Å². The maximum Gasteiger partial charge on any atom is 0.243 e. The molecular weight excluding hydrogens is 404 g/mol. The topological polar surface area (TPSA) is 84.9 Å². The highest BCUT2D eigenvalue weighted by Gasteiger charge is 2.34. The average Bonchev–Trinajstić information content (AvgIpc) is 2.78. The van der Waals surface area contributed by atoms with E-state index in [1.54, 1.807) is 6.07 Å². The summed E-state index contributed by atoms with van der Waals surface area (Å²) in [6, 6.07) is 12.2. The number of nitrogens with one attached hydrogen (secondary N) is 1. The van der Waals surface area contributed by atoms with E-state index in [4.69, 9.17) is 9.47 Å². The van der Waals surface area contributed by atoms with Crippen LogP contribution in [0.15, 0.2) is 47.4 Å². The van der Waals surface area contributed by atoms with Gasteiger partial charge in [0.25, 0.3) is 0 Å². The van der Waals surface area contributed by atoms with E-state index >= 15 is 0 Å². The van der Waals surface area contributed by atoms with Crippen molar-refractivity contribution in [1.82, 2.24) is 4.31 Å². The van der Waals surface area contributed by atoms with Gasteiger partial charge < -0.3 is 14.8 Å². The number of carbonyl (C=O) groups is 1. The van der Waals surface area contributed by atoms with Gasteiger partial charge in [0.1, 0.15) is 0 Å². The molecule has 0 spiro atoms. The summed E-state index contributed by atoms with van der Waals surface area (Å²) in [4.78, 5) is 13.0. The largest absolute Gasteiger partial charge is 0.493 e. The highest BCUT2D eigenvalue weighted by Crippen LogP contribution is 2.32. The van der Waals surface area contributed by atoms with E-state index in [1.807, 2.05) is 31.2 Å². The van der Waals surface area contributed by atoms with Gasteiger partial charge in [0.15, 0.2) is 11.5 Å². The number of nitrogens with zero attached hydrogens (tertiary/aromatic N) is 1. The first kappa shape index (κ1) is 22.1. The monoisotopic (exact) mass is 432 g/mol. The minimum absolute atomic E-state index is 0.123. The summed E-state index contributed by atoms with van der Waals surface area (Å²) in [7, 11) is -0.795. The lowest BCUT2D eigenvalue weighted by molar-refractivity contribution is -0.120. The van der Waals surface area contributed by atoms with Crippen molar-refractivity contribution in [3.05, 3.63) is 48.0 Å². The van der Waals surface area contributed by atoms with Gasteiger partial charge in [-0.1, -0.05) is 25.1 Å². The molecule has 1 atom stereocenters. The molecule has 1 N–H and O–H groups in total. The molecule has 0 aromatic heterocycles. The van der Waals surface area contributed by atoms with Gasteiger partial charge in [0.2, 0.25) is 15.9 Å². The average molecular weight is 433 g/mol. The number of hydrogen-bond donors (Lipinski definition) is 1. The van der Waals surface area contributed by atoms with Crippen LogP contribution in [0.2, 0.25) is 0 Å². The minimum Gasteiger partial charge on any atom is -0.493 e. The van der Waals surface area contributed by atoms with E-state index in [9.17, 15) is 13.2 Å². The van der Waals surface area contributed by atoms with Crippen molar-refractivity contribution in [3.8, 4) is 11.5 Å². The number of ether oxygens (including phenoxy) is 2. The fraction of sp³-hybridized carbons (Fsp3) is 0.409. The molecule has 1 saturated heterocycles. The van der Waals surface area contributed by atoms with E-state index in [0.717, 1.165) is 17.7 Å². The Morgan fingerprint density at radius 1 is 1.13 bits per heavy atom. The molecule has 1 aliphatic heterocycles. The predicted molar refractivity (Wildman–Crippen MR) is 115 cm³/mol. The number of piperidine rings is 1. The summed E-state index contributed by atoms with van der Waals surface area (Å²) in [5, 5.41) is 2.98. The van der Waals surface area contributed by atoms with E-state index in [-0.39, 0.29) is 17.3 Å². The van der Waals surface area contributed by atoms with Crippen LogP contribution in [0.5, 0.6) is 11.5 Å². The van der Waals surface area contributed by atoms with Crippen molar-refractivity contribution < 1.29 is 22.7 Å². The summed E-state index contributed by atoms with van der Waals surface area (Å²) >= 11 is 0. The molecule has 1 fully saturated rings. The van der Waals surface area contributed by atoms with Crippen LogP contribution in [-0.4, -0.2) is 45.9 Å². The maximum absolute atomic E-state index is 13.2. The van der Waals surface area contributed by atoms with Crippen molar-refractivity contribution in [2.75, 3.05) is 32.6 Å². The quantitative estimate of drug-likeness (QED) is 0.726. The Morgan fingerprint density at radius 3 is 2.57 bits per heavy atom. The third-order valence-electron chi connectivity index (χ3n) is 5.40. The van der Waals surface area contributed by atoms with Crippen LogP contribution >= 0.6 is 0 Å². The molecule has 1 heterocycles. The zero-order chi connectivity index (χ0) is 21.7. The van der Waals surface area contributed by atoms with Gasteiger partial charge in [-0.15, -0.1) is 0 Å². The van der Waals surface area contributed by atoms with Gasteiger partial charge >= 0.3 is 0 Å². The smallest absolute Gasteiger partial charge is 0.243 e. The molecule has 0 bridgehead atoms. The summed E-state index contributed by atoms with van der Waals surface area (Å²) in [5.41, 5.74) is 1.83. The summed E-state index contributed by atoms with van der Waals surface area (Å²) in [6.45, 7) is 2.56. The van der Waals surface area contributed by atoms with Gasteiger partial charge in [0.05, 0.1) is 25.0 Å². The minimum atomic E-state index is -3.75. The number of hydrogen-bond acceptors (Lipinski definition) is 5. The number of benzene rings is 2. The lowest BCUT2D eigenvalue weighted by Crippen LogP contribution is -2.43. The number of carbonyl (C=O) groups excluding carboxylic acids is 1. The molecule has 1 amide bonds. The zero-order valence-corrected chi connectivity index (χ0v) is 18.4. The molecule has 7 nitrogen and oxygen atoms in total. The molecule has 0 radical (unpaired) electrons. The second-order valence-corrected chi connectivity index (χ2v) is 9.16. The van der Waals surface area contributed by atoms with Crippen LogP contribution in [0.1, 0.15) is 25.3 Å². The van der Waals surface area contributed by atoms with Crippen LogP contribution in [-0.2, 0) is 21.2 Å². The Labute approximate surface area is 178 Å². The second-order valence-electron chi connectivity index (χ2n) is 7.22. The Balaban J connectivity index is 1.77. The SMILES string of the molecule is CCc1ccccc1NC(=O)C1CCCN(S(=O)(=O)c2ccc(OC)c(OC)c2)C1. The van der Waals surface area contributed by atoms with Gasteiger partial charge in [-0.2, -0.15) is 4.31 Å². The molecular formula is C22H28N2O5S. The molecule has 162 valence electrons. The normalized spacial score (nSPS) is 17.4. The van der Waals surface area contributed by atoms with Crippen LogP contribution in [0, 0.1) is 5.92 Å². The van der Waals surface area contributed by atoms with Crippen LogP contribution in [0.25, 0.3) is 0 Å². The van der Waals surface area contributed by atoms with Crippen molar-refractivity contribution in [2.24, 2.45) is 5.92 Å². The first-order valence-corrected chi connectivity index (χ1v) is 11.5. The Kier molecular flexibility index (Phi) is 6.99. The van der Waals surface area contributed by atoms with E-state index in [0.29, 0.717) is 30.9 Å². The molecule has 1 aliphatic rings. The number of methoxy groups -OCH3 is 2. The van der Waals surface area contributed by atoms with E-state index in [2.05, 4.69) is 5.32 Å². The Bertz CT molecular complexity index is 1010. The van der Waals surface area contributed by atoms with Gasteiger partial charge in [0, 0.05) is 24.8 Å². The zero-order valence-electron chi connectivity index (χ0n) is 17.6. The fourth-order valence-electron chi connectivity index (χ4n) is 3.69. The van der Waals surface area contributed by atoms with Crippen LogP contribution in [0.4, 0.5) is 5.69 Å². The highest BCUT2D eigenvalue weighted by molar-refractivity contribution is 7.89. The van der Waals surface area contributed by atoms with Gasteiger partial charge in [-0.05, 0) is 43.0 Å². The summed E-state index contributed by atoms with van der Waals surface area (Å²) in [6.07, 6.45) is 2.08. The fourth-order valence-corrected chi connectivity index (χ4v) is 5.23. The van der Waals surface area contributed by atoms with Crippen molar-refractivity contribution in [3.63, 3.8) is 0 Å². The lowest BCUT2D eigenvalue weighted by Gasteiger charge is -2.31. The Morgan fingerprint density at radius 2 is 1.87 bits per heavy atom. The maximum atomic E-state index is 13.2. The number of amides is 1. The van der Waals surface area contributed by atoms with Crippen LogP contribution in [0.3, 0.4) is 0 Å². The lowest BCUT2D eigenvalue weighted by atomic mass is 9.98. The molecule has 30 heavy (non-hydrogen) atoms. The summed E-state index contributed by atoms with van der Waals surface area (Å²) in [5.74, 6) is 0.254.